The van der Waals surface area contributed by atoms with Gasteiger partial charge in [0, 0.05) is 32.0 Å². The summed E-state index contributed by atoms with van der Waals surface area (Å²) in [6.07, 6.45) is 1.88. The van der Waals surface area contributed by atoms with Gasteiger partial charge in [-0.3, -0.25) is 0 Å². The Bertz CT molecular complexity index is 708. The highest BCUT2D eigenvalue weighted by Crippen LogP contribution is 2.32. The molecule has 0 aromatic heterocycles. The van der Waals surface area contributed by atoms with E-state index in [-0.39, 0.29) is 0 Å². The third kappa shape index (κ3) is 4.07. The van der Waals surface area contributed by atoms with Crippen molar-refractivity contribution in [3.05, 3.63) is 47.5 Å². The van der Waals surface area contributed by atoms with Gasteiger partial charge >= 0.3 is 0 Å². The Hall–Kier alpha value is -2.49. The fraction of sp³-hybridized carbons (Fsp3) is 0.350. The third-order valence-electron chi connectivity index (χ3n) is 4.23. The number of hydrogen-bond acceptors (Lipinski definition) is 3. The van der Waals surface area contributed by atoms with E-state index >= 15 is 0 Å². The van der Waals surface area contributed by atoms with Crippen LogP contribution in [0.2, 0.25) is 0 Å². The van der Waals surface area contributed by atoms with Gasteiger partial charge in [-0.05, 0) is 68.3 Å². The van der Waals surface area contributed by atoms with Crippen molar-refractivity contribution in [3.63, 3.8) is 0 Å². The van der Waals surface area contributed by atoms with Gasteiger partial charge < -0.3 is 14.5 Å². The van der Waals surface area contributed by atoms with Crippen LogP contribution in [0.15, 0.2) is 41.4 Å². The minimum atomic E-state index is 0.866. The first-order valence-electron chi connectivity index (χ1n) is 8.19. The second-order valence-electron chi connectivity index (χ2n) is 6.00. The zero-order chi connectivity index (χ0) is 17.7. The molecule has 2 aromatic rings. The lowest BCUT2D eigenvalue weighted by Crippen LogP contribution is -2.14. The molecule has 0 heterocycles. The summed E-state index contributed by atoms with van der Waals surface area (Å²) < 4.78 is 5.23. The highest BCUT2D eigenvalue weighted by Gasteiger charge is 2.10. The van der Waals surface area contributed by atoms with Crippen molar-refractivity contribution in [2.75, 3.05) is 32.6 Å². The molecule has 0 spiro atoms. The summed E-state index contributed by atoms with van der Waals surface area (Å²) >= 11 is 0. The van der Waals surface area contributed by atoms with Gasteiger partial charge in [-0.2, -0.15) is 0 Å². The maximum Gasteiger partial charge on any atom is 0.119 e. The van der Waals surface area contributed by atoms with Crippen LogP contribution in [0.5, 0.6) is 5.75 Å². The number of aliphatic imine (C=N–C) groups is 1. The summed E-state index contributed by atoms with van der Waals surface area (Å²) in [5.41, 5.74) is 5.68. The van der Waals surface area contributed by atoms with E-state index in [4.69, 9.17) is 4.74 Å². The maximum atomic E-state index is 5.23. The molecule has 0 atom stereocenters. The van der Waals surface area contributed by atoms with E-state index in [0.717, 1.165) is 29.2 Å². The van der Waals surface area contributed by atoms with Crippen LogP contribution in [-0.4, -0.2) is 39.0 Å². The second-order valence-corrected chi connectivity index (χ2v) is 6.00. The zero-order valence-corrected chi connectivity index (χ0v) is 15.5. The average Bonchev–Trinajstić information content (AvgIpc) is 2.61. The van der Waals surface area contributed by atoms with Gasteiger partial charge in [0.25, 0.3) is 0 Å². The second kappa shape index (κ2) is 7.86. The van der Waals surface area contributed by atoms with Gasteiger partial charge in [0.05, 0.1) is 19.1 Å². The zero-order valence-electron chi connectivity index (χ0n) is 15.5. The van der Waals surface area contributed by atoms with Crippen LogP contribution in [0.4, 0.5) is 17.1 Å². The SMILES string of the molecule is CCN(C)C=Nc1cc(C)c(N(C)c2ccc(OC)cc2)cc1C. The maximum absolute atomic E-state index is 5.23. The van der Waals surface area contributed by atoms with E-state index in [1.54, 1.807) is 7.11 Å². The smallest absolute Gasteiger partial charge is 0.119 e. The van der Waals surface area contributed by atoms with E-state index in [0.29, 0.717) is 0 Å². The van der Waals surface area contributed by atoms with Gasteiger partial charge in [-0.1, -0.05) is 0 Å². The summed E-state index contributed by atoms with van der Waals surface area (Å²) in [5, 5.41) is 0. The van der Waals surface area contributed by atoms with Crippen LogP contribution in [0, 0.1) is 13.8 Å². The van der Waals surface area contributed by atoms with Crippen molar-refractivity contribution in [3.8, 4) is 5.75 Å². The van der Waals surface area contributed by atoms with Crippen molar-refractivity contribution in [2.45, 2.75) is 20.8 Å². The highest BCUT2D eigenvalue weighted by molar-refractivity contribution is 5.72. The molecule has 0 saturated heterocycles. The van der Waals surface area contributed by atoms with Crippen molar-refractivity contribution < 1.29 is 4.74 Å². The lowest BCUT2D eigenvalue weighted by atomic mass is 10.1. The van der Waals surface area contributed by atoms with Gasteiger partial charge in [-0.25, -0.2) is 4.99 Å². The number of methoxy groups -OCH3 is 1. The molecule has 2 rings (SSSR count). The molecule has 2 aromatic carbocycles. The molecule has 24 heavy (non-hydrogen) atoms. The van der Waals surface area contributed by atoms with Crippen LogP contribution in [0.3, 0.4) is 0 Å². The number of ether oxygens (including phenoxy) is 1. The molecule has 0 radical (unpaired) electrons. The standard InChI is InChI=1S/C20H27N3O/c1-7-22(4)14-21-19-12-16(3)20(13-15(19)2)23(5)17-8-10-18(24-6)11-9-17/h8-14H,7H2,1-6H3. The number of nitrogens with zero attached hydrogens (tertiary/aromatic N) is 3. The van der Waals surface area contributed by atoms with Gasteiger partial charge in [0.1, 0.15) is 5.75 Å². The Morgan fingerprint density at radius 3 is 2.29 bits per heavy atom. The summed E-state index contributed by atoms with van der Waals surface area (Å²) in [7, 11) is 5.79. The quantitative estimate of drug-likeness (QED) is 0.569. The number of rotatable bonds is 6. The van der Waals surface area contributed by atoms with Crippen molar-refractivity contribution in [1.82, 2.24) is 4.90 Å². The molecule has 0 unspecified atom stereocenters. The molecule has 0 aliphatic heterocycles. The molecule has 0 bridgehead atoms. The van der Waals surface area contributed by atoms with Crippen molar-refractivity contribution in [1.29, 1.82) is 0 Å². The molecular formula is C20H27N3O. The van der Waals surface area contributed by atoms with E-state index in [2.05, 4.69) is 66.9 Å². The highest BCUT2D eigenvalue weighted by atomic mass is 16.5. The van der Waals surface area contributed by atoms with Gasteiger partial charge in [0.2, 0.25) is 0 Å². The Morgan fingerprint density at radius 2 is 1.71 bits per heavy atom. The van der Waals surface area contributed by atoms with Crippen molar-refractivity contribution >= 4 is 23.4 Å². The first-order chi connectivity index (χ1) is 11.5. The first-order valence-corrected chi connectivity index (χ1v) is 8.19. The number of benzene rings is 2. The van der Waals surface area contributed by atoms with Crippen LogP contribution in [0.25, 0.3) is 0 Å². The van der Waals surface area contributed by atoms with E-state index in [1.807, 2.05) is 25.5 Å². The molecule has 0 aliphatic rings. The minimum Gasteiger partial charge on any atom is -0.497 e. The summed E-state index contributed by atoms with van der Waals surface area (Å²) in [6, 6.07) is 12.4. The van der Waals surface area contributed by atoms with Crippen LogP contribution >= 0.6 is 0 Å². The lowest BCUT2D eigenvalue weighted by molar-refractivity contribution is 0.415. The van der Waals surface area contributed by atoms with Crippen LogP contribution in [0.1, 0.15) is 18.1 Å². The molecule has 4 nitrogen and oxygen atoms in total. The van der Waals surface area contributed by atoms with Crippen LogP contribution in [-0.2, 0) is 0 Å². The van der Waals surface area contributed by atoms with E-state index in [1.165, 1.54) is 11.3 Å². The first kappa shape index (κ1) is 17.9. The summed E-state index contributed by atoms with van der Waals surface area (Å²) in [5.74, 6) is 0.866. The Kier molecular flexibility index (Phi) is 5.85. The van der Waals surface area contributed by atoms with Crippen LogP contribution < -0.4 is 9.64 Å². The molecule has 0 fully saturated rings. The predicted octanol–water partition coefficient (Wildman–Crippen LogP) is 4.69. The number of anilines is 2. The third-order valence-corrected chi connectivity index (χ3v) is 4.23. The monoisotopic (exact) mass is 325 g/mol. The molecule has 0 aliphatic carbocycles. The Balaban J connectivity index is 2.30. The Labute approximate surface area is 145 Å². The Morgan fingerprint density at radius 1 is 1.04 bits per heavy atom. The fourth-order valence-corrected chi connectivity index (χ4v) is 2.47. The largest absolute Gasteiger partial charge is 0.497 e. The molecule has 0 saturated carbocycles. The number of hydrogen-bond donors (Lipinski definition) is 0. The van der Waals surface area contributed by atoms with E-state index < -0.39 is 0 Å². The summed E-state index contributed by atoms with van der Waals surface area (Å²) in [4.78, 5) is 8.85. The topological polar surface area (TPSA) is 28.1 Å². The number of aryl methyl sites for hydroxylation is 2. The van der Waals surface area contributed by atoms with Crippen molar-refractivity contribution in [2.24, 2.45) is 4.99 Å². The van der Waals surface area contributed by atoms with Gasteiger partial charge in [0.15, 0.2) is 0 Å². The molecule has 0 amide bonds. The normalized spacial score (nSPS) is 10.9. The molecule has 0 N–H and O–H groups in total. The minimum absolute atomic E-state index is 0.866. The summed E-state index contributed by atoms with van der Waals surface area (Å²) in [6.45, 7) is 7.28. The average molecular weight is 325 g/mol. The molecule has 128 valence electrons. The predicted molar refractivity (Wildman–Crippen MR) is 103 cm³/mol. The molecule has 4 heteroatoms. The molecular weight excluding hydrogens is 298 g/mol. The fourth-order valence-electron chi connectivity index (χ4n) is 2.47. The van der Waals surface area contributed by atoms with E-state index in [9.17, 15) is 0 Å². The lowest BCUT2D eigenvalue weighted by Gasteiger charge is -2.23. The van der Waals surface area contributed by atoms with Gasteiger partial charge in [-0.15, -0.1) is 0 Å².